The Morgan fingerprint density at radius 2 is 2.06 bits per heavy atom. The van der Waals surface area contributed by atoms with E-state index in [9.17, 15) is 4.79 Å². The van der Waals surface area contributed by atoms with Gasteiger partial charge in [0.25, 0.3) is 0 Å². The molecule has 0 amide bonds. The summed E-state index contributed by atoms with van der Waals surface area (Å²) in [5.41, 5.74) is 5.43. The molecule has 1 aliphatic heterocycles. The summed E-state index contributed by atoms with van der Waals surface area (Å²) in [6.45, 7) is 10.6. The predicted octanol–water partition coefficient (Wildman–Crippen LogP) is 3.06. The number of methoxy groups -OCH3 is 1. The Morgan fingerprint density at radius 3 is 2.67 bits per heavy atom. The first-order valence-corrected chi connectivity index (χ1v) is 6.29. The van der Waals surface area contributed by atoms with Gasteiger partial charge in [0.15, 0.2) is 0 Å². The van der Waals surface area contributed by atoms with Crippen molar-refractivity contribution in [3.63, 3.8) is 0 Å². The van der Waals surface area contributed by atoms with Crippen molar-refractivity contribution >= 4 is 5.97 Å². The van der Waals surface area contributed by atoms with Crippen LogP contribution in [-0.4, -0.2) is 13.1 Å². The smallest absolute Gasteiger partial charge is 0.335 e. The van der Waals surface area contributed by atoms with Crippen LogP contribution >= 0.6 is 0 Å². The van der Waals surface area contributed by atoms with Gasteiger partial charge in [-0.2, -0.15) is 0 Å². The molecule has 0 bridgehead atoms. The van der Waals surface area contributed by atoms with Gasteiger partial charge in [-0.1, -0.05) is 20.4 Å². The van der Waals surface area contributed by atoms with Gasteiger partial charge in [-0.15, -0.1) is 0 Å². The Labute approximate surface area is 109 Å². The molecular weight excluding hydrogens is 226 g/mol. The Kier molecular flexibility index (Phi) is 3.09. The van der Waals surface area contributed by atoms with Gasteiger partial charge >= 0.3 is 5.97 Å². The minimum Gasteiger partial charge on any atom is -0.466 e. The van der Waals surface area contributed by atoms with Crippen LogP contribution in [0.25, 0.3) is 0 Å². The zero-order valence-electron chi connectivity index (χ0n) is 11.6. The lowest BCUT2D eigenvalue weighted by molar-refractivity contribution is -0.136. The summed E-state index contributed by atoms with van der Waals surface area (Å²) in [7, 11) is 1.42. The van der Waals surface area contributed by atoms with E-state index in [1.54, 1.807) is 0 Å². The molecule has 1 heterocycles. The standard InChI is InChI=1S/C15H21NO2/c1-9-7-15(3,4)8-13-11(9)6-12(10(2)16-13)14(17)18-5/h16H,1,6-8H2,2-5H3. The Morgan fingerprint density at radius 1 is 1.39 bits per heavy atom. The molecular formula is C15H21NO2. The maximum atomic E-state index is 11.7. The molecule has 2 rings (SSSR count). The second kappa shape index (κ2) is 4.30. The maximum Gasteiger partial charge on any atom is 0.335 e. The summed E-state index contributed by atoms with van der Waals surface area (Å²) >= 11 is 0. The molecule has 0 atom stereocenters. The Balaban J connectivity index is 2.31. The van der Waals surface area contributed by atoms with E-state index in [-0.39, 0.29) is 11.4 Å². The van der Waals surface area contributed by atoms with Crippen LogP contribution in [0.1, 0.15) is 40.0 Å². The van der Waals surface area contributed by atoms with Crippen molar-refractivity contribution in [1.29, 1.82) is 0 Å². The minimum absolute atomic E-state index is 0.242. The monoisotopic (exact) mass is 247 g/mol. The number of rotatable bonds is 1. The van der Waals surface area contributed by atoms with Crippen molar-refractivity contribution in [2.75, 3.05) is 7.11 Å². The summed E-state index contributed by atoms with van der Waals surface area (Å²) in [5.74, 6) is -0.246. The van der Waals surface area contributed by atoms with E-state index in [4.69, 9.17) is 4.74 Å². The molecule has 3 heteroatoms. The fourth-order valence-corrected chi connectivity index (χ4v) is 2.86. The average molecular weight is 247 g/mol. The normalized spacial score (nSPS) is 22.6. The van der Waals surface area contributed by atoms with Gasteiger partial charge in [-0.05, 0) is 36.3 Å². The van der Waals surface area contributed by atoms with Crippen molar-refractivity contribution in [3.05, 3.63) is 34.7 Å². The molecule has 1 aliphatic carbocycles. The highest BCUT2D eigenvalue weighted by Crippen LogP contribution is 2.44. The lowest BCUT2D eigenvalue weighted by atomic mass is 9.72. The molecule has 18 heavy (non-hydrogen) atoms. The fourth-order valence-electron chi connectivity index (χ4n) is 2.86. The van der Waals surface area contributed by atoms with E-state index in [1.807, 2.05) is 6.92 Å². The van der Waals surface area contributed by atoms with Gasteiger partial charge in [0.2, 0.25) is 0 Å². The fraction of sp³-hybridized carbons (Fsp3) is 0.533. The minimum atomic E-state index is -0.246. The number of hydrogen-bond donors (Lipinski definition) is 1. The van der Waals surface area contributed by atoms with Crippen molar-refractivity contribution in [2.24, 2.45) is 5.41 Å². The summed E-state index contributed by atoms with van der Waals surface area (Å²) in [6, 6.07) is 0. The number of carbonyl (C=O) groups is 1. The zero-order valence-corrected chi connectivity index (χ0v) is 11.6. The van der Waals surface area contributed by atoms with Crippen LogP contribution in [0.4, 0.5) is 0 Å². The summed E-state index contributed by atoms with van der Waals surface area (Å²) < 4.78 is 4.83. The Bertz CT molecular complexity index is 481. The molecule has 0 spiro atoms. The molecule has 0 fully saturated rings. The van der Waals surface area contributed by atoms with E-state index in [2.05, 4.69) is 25.7 Å². The van der Waals surface area contributed by atoms with E-state index in [1.165, 1.54) is 18.4 Å². The number of hydrogen-bond acceptors (Lipinski definition) is 3. The number of carbonyl (C=O) groups excluding carboxylic acids is 1. The maximum absolute atomic E-state index is 11.7. The highest BCUT2D eigenvalue weighted by atomic mass is 16.5. The quantitative estimate of drug-likeness (QED) is 0.724. The summed E-state index contributed by atoms with van der Waals surface area (Å²) in [5, 5.41) is 3.37. The summed E-state index contributed by atoms with van der Waals surface area (Å²) in [6.07, 6.45) is 2.64. The van der Waals surface area contributed by atoms with E-state index in [0.29, 0.717) is 6.42 Å². The predicted molar refractivity (Wildman–Crippen MR) is 71.6 cm³/mol. The number of nitrogens with one attached hydrogen (secondary N) is 1. The molecule has 98 valence electrons. The topological polar surface area (TPSA) is 38.3 Å². The molecule has 0 saturated heterocycles. The van der Waals surface area contributed by atoms with Crippen molar-refractivity contribution in [3.8, 4) is 0 Å². The van der Waals surface area contributed by atoms with Gasteiger partial charge in [0.1, 0.15) is 0 Å². The first-order valence-electron chi connectivity index (χ1n) is 6.29. The molecule has 0 radical (unpaired) electrons. The van der Waals surface area contributed by atoms with Crippen molar-refractivity contribution in [2.45, 2.75) is 40.0 Å². The van der Waals surface area contributed by atoms with E-state index in [0.717, 1.165) is 29.7 Å². The zero-order chi connectivity index (χ0) is 13.5. The van der Waals surface area contributed by atoms with Crippen molar-refractivity contribution < 1.29 is 9.53 Å². The molecule has 0 saturated carbocycles. The number of dihydropyridines is 1. The molecule has 3 nitrogen and oxygen atoms in total. The highest BCUT2D eigenvalue weighted by molar-refractivity contribution is 5.90. The SMILES string of the molecule is C=C1CC(C)(C)CC2=C1CC(C(=O)OC)=C(C)N2. The third kappa shape index (κ3) is 2.22. The lowest BCUT2D eigenvalue weighted by Gasteiger charge is -2.38. The first-order chi connectivity index (χ1) is 8.34. The first kappa shape index (κ1) is 12.9. The van der Waals surface area contributed by atoms with Crippen LogP contribution in [0.15, 0.2) is 34.7 Å². The lowest BCUT2D eigenvalue weighted by Crippen LogP contribution is -2.31. The average Bonchev–Trinajstić information content (AvgIpc) is 2.25. The van der Waals surface area contributed by atoms with E-state index >= 15 is 0 Å². The second-order valence-electron chi connectivity index (χ2n) is 5.98. The van der Waals surface area contributed by atoms with Crippen LogP contribution in [-0.2, 0) is 9.53 Å². The van der Waals surface area contributed by atoms with Gasteiger partial charge in [-0.3, -0.25) is 0 Å². The van der Waals surface area contributed by atoms with Gasteiger partial charge in [-0.25, -0.2) is 4.79 Å². The Hall–Kier alpha value is -1.51. The van der Waals surface area contributed by atoms with Crippen LogP contribution in [0.3, 0.4) is 0 Å². The van der Waals surface area contributed by atoms with Crippen LogP contribution in [0, 0.1) is 5.41 Å². The molecule has 1 N–H and O–H groups in total. The number of ether oxygens (including phenoxy) is 1. The third-order valence-corrected chi connectivity index (χ3v) is 3.71. The molecule has 0 aromatic carbocycles. The van der Waals surface area contributed by atoms with Crippen LogP contribution in [0.5, 0.6) is 0 Å². The van der Waals surface area contributed by atoms with Gasteiger partial charge in [0.05, 0.1) is 12.7 Å². The van der Waals surface area contributed by atoms with E-state index < -0.39 is 0 Å². The van der Waals surface area contributed by atoms with Crippen LogP contribution < -0.4 is 5.32 Å². The number of allylic oxidation sites excluding steroid dienone is 4. The molecule has 0 unspecified atom stereocenters. The summed E-state index contributed by atoms with van der Waals surface area (Å²) in [4.78, 5) is 11.7. The van der Waals surface area contributed by atoms with Crippen LogP contribution in [0.2, 0.25) is 0 Å². The van der Waals surface area contributed by atoms with Gasteiger partial charge < -0.3 is 10.1 Å². The highest BCUT2D eigenvalue weighted by Gasteiger charge is 2.33. The van der Waals surface area contributed by atoms with Crippen molar-refractivity contribution in [1.82, 2.24) is 5.32 Å². The largest absolute Gasteiger partial charge is 0.466 e. The van der Waals surface area contributed by atoms with Gasteiger partial charge in [0, 0.05) is 17.8 Å². The third-order valence-electron chi connectivity index (χ3n) is 3.71. The molecule has 0 aromatic rings. The number of esters is 1. The second-order valence-corrected chi connectivity index (χ2v) is 5.98. The molecule has 2 aliphatic rings. The molecule has 0 aromatic heterocycles.